The summed E-state index contributed by atoms with van der Waals surface area (Å²) in [5.74, 6) is 2.24. The zero-order valence-electron chi connectivity index (χ0n) is 18.5. The van der Waals surface area contributed by atoms with E-state index in [1.165, 1.54) is 18.4 Å². The van der Waals surface area contributed by atoms with Crippen LogP contribution >= 0.6 is 24.0 Å². The minimum Gasteiger partial charge on any atom is -0.486 e. The van der Waals surface area contributed by atoms with Gasteiger partial charge in [-0.15, -0.1) is 24.0 Å². The summed E-state index contributed by atoms with van der Waals surface area (Å²) >= 11 is 0. The fourth-order valence-corrected chi connectivity index (χ4v) is 4.09. The Labute approximate surface area is 196 Å². The third-order valence-electron chi connectivity index (χ3n) is 5.46. The topological polar surface area (TPSA) is 84.0 Å². The highest BCUT2D eigenvalue weighted by Gasteiger charge is 2.36. The molecule has 3 N–H and O–H groups in total. The fourth-order valence-electron chi connectivity index (χ4n) is 4.09. The number of ether oxygens (including phenoxy) is 2. The highest BCUT2D eigenvalue weighted by Crippen LogP contribution is 2.43. The molecule has 0 atom stereocenters. The Kier molecular flexibility index (Phi) is 8.63. The number of hydrogen-bond donors (Lipinski definition) is 3. The Bertz CT molecular complexity index is 755. The lowest BCUT2D eigenvalue weighted by Crippen LogP contribution is -2.50. The van der Waals surface area contributed by atoms with E-state index in [1.807, 2.05) is 26.8 Å². The summed E-state index contributed by atoms with van der Waals surface area (Å²) in [6.07, 6.45) is 4.63. The first-order valence-corrected chi connectivity index (χ1v) is 10.5. The van der Waals surface area contributed by atoms with Crippen molar-refractivity contribution < 1.29 is 14.3 Å². The number of rotatable bonds is 5. The molecular formula is C22H35IN4O3. The molecule has 1 amide bonds. The summed E-state index contributed by atoms with van der Waals surface area (Å²) < 4.78 is 11.5. The van der Waals surface area contributed by atoms with Crippen LogP contribution in [0.15, 0.2) is 23.2 Å². The van der Waals surface area contributed by atoms with Gasteiger partial charge in [0.25, 0.3) is 0 Å². The lowest BCUT2D eigenvalue weighted by atomic mass is 9.78. The number of halogens is 1. The predicted molar refractivity (Wildman–Crippen MR) is 130 cm³/mol. The van der Waals surface area contributed by atoms with Gasteiger partial charge in [-0.2, -0.15) is 0 Å². The van der Waals surface area contributed by atoms with Gasteiger partial charge in [-0.25, -0.2) is 0 Å². The van der Waals surface area contributed by atoms with Crippen LogP contribution in [-0.4, -0.2) is 50.8 Å². The van der Waals surface area contributed by atoms with E-state index in [9.17, 15) is 4.79 Å². The summed E-state index contributed by atoms with van der Waals surface area (Å²) in [5, 5.41) is 9.50. The van der Waals surface area contributed by atoms with Gasteiger partial charge in [-0.3, -0.25) is 9.79 Å². The molecule has 1 aliphatic heterocycles. The molecule has 7 nitrogen and oxygen atoms in total. The molecule has 30 heavy (non-hydrogen) atoms. The van der Waals surface area contributed by atoms with Crippen molar-refractivity contribution in [3.63, 3.8) is 0 Å². The number of hydrogen-bond acceptors (Lipinski definition) is 4. The zero-order valence-corrected chi connectivity index (χ0v) is 20.8. The number of guanidine groups is 1. The van der Waals surface area contributed by atoms with Gasteiger partial charge in [0.05, 0.1) is 6.54 Å². The predicted octanol–water partition coefficient (Wildman–Crippen LogP) is 2.97. The summed E-state index contributed by atoms with van der Waals surface area (Å²) in [6, 6.07) is 6.32. The van der Waals surface area contributed by atoms with E-state index in [0.717, 1.165) is 30.9 Å². The van der Waals surface area contributed by atoms with Crippen LogP contribution in [0.2, 0.25) is 0 Å². The molecule has 0 aromatic heterocycles. The van der Waals surface area contributed by atoms with Gasteiger partial charge >= 0.3 is 0 Å². The van der Waals surface area contributed by atoms with Gasteiger partial charge in [-0.05, 0) is 51.3 Å². The van der Waals surface area contributed by atoms with Gasteiger partial charge < -0.3 is 25.4 Å². The molecule has 1 aromatic rings. The smallest absolute Gasteiger partial charge is 0.239 e. The van der Waals surface area contributed by atoms with Crippen LogP contribution in [-0.2, 0) is 10.2 Å². The van der Waals surface area contributed by atoms with Gasteiger partial charge in [0.15, 0.2) is 17.5 Å². The van der Waals surface area contributed by atoms with Crippen molar-refractivity contribution in [1.82, 2.24) is 16.0 Å². The Morgan fingerprint density at radius 3 is 2.40 bits per heavy atom. The van der Waals surface area contributed by atoms with Crippen LogP contribution in [0.4, 0.5) is 0 Å². The molecule has 1 fully saturated rings. The number of carbonyl (C=O) groups excluding carboxylic acids is 1. The van der Waals surface area contributed by atoms with Crippen molar-refractivity contribution in [2.24, 2.45) is 4.99 Å². The number of amides is 1. The maximum atomic E-state index is 12.1. The van der Waals surface area contributed by atoms with Crippen LogP contribution < -0.4 is 25.4 Å². The SMILES string of the molecule is CN=C(NCC(=O)NC(C)(C)C)NCC1(c2ccc3c(c2)OCCO3)CCCC1.I. The summed E-state index contributed by atoms with van der Waals surface area (Å²) in [5.41, 5.74) is 1.05. The molecular weight excluding hydrogens is 495 g/mol. The minimum atomic E-state index is -0.248. The van der Waals surface area contributed by atoms with E-state index in [-0.39, 0.29) is 47.4 Å². The normalized spacial score (nSPS) is 17.7. The quantitative estimate of drug-likeness (QED) is 0.310. The second kappa shape index (κ2) is 10.5. The van der Waals surface area contributed by atoms with E-state index >= 15 is 0 Å². The number of fused-ring (bicyclic) bond motifs is 1. The molecule has 1 heterocycles. The van der Waals surface area contributed by atoms with Gasteiger partial charge in [0, 0.05) is 24.5 Å². The minimum absolute atomic E-state index is 0. The van der Waals surface area contributed by atoms with Gasteiger partial charge in [-0.1, -0.05) is 18.9 Å². The summed E-state index contributed by atoms with van der Waals surface area (Å²) in [7, 11) is 1.72. The van der Waals surface area contributed by atoms with Crippen molar-refractivity contribution in [2.45, 2.75) is 57.4 Å². The third-order valence-corrected chi connectivity index (χ3v) is 5.46. The largest absolute Gasteiger partial charge is 0.486 e. The van der Waals surface area contributed by atoms with Crippen molar-refractivity contribution in [3.05, 3.63) is 23.8 Å². The molecule has 8 heteroatoms. The summed E-state index contributed by atoms with van der Waals surface area (Å²) in [4.78, 5) is 16.4. The number of nitrogens with one attached hydrogen (secondary N) is 3. The highest BCUT2D eigenvalue weighted by molar-refractivity contribution is 14.0. The molecule has 2 aliphatic rings. The Balaban J connectivity index is 0.00000320. The first kappa shape index (κ1) is 24.6. The number of aliphatic imine (C=N–C) groups is 1. The third kappa shape index (κ3) is 6.39. The zero-order chi connectivity index (χ0) is 20.9. The van der Waals surface area contributed by atoms with E-state index in [0.29, 0.717) is 19.2 Å². The first-order chi connectivity index (χ1) is 13.8. The van der Waals surface area contributed by atoms with E-state index < -0.39 is 0 Å². The average Bonchev–Trinajstić information content (AvgIpc) is 3.16. The van der Waals surface area contributed by atoms with Crippen molar-refractivity contribution in [1.29, 1.82) is 0 Å². The highest BCUT2D eigenvalue weighted by atomic mass is 127. The molecule has 0 unspecified atom stereocenters. The molecule has 0 spiro atoms. The summed E-state index contributed by atoms with van der Waals surface area (Å²) in [6.45, 7) is 8.04. The van der Waals surface area contributed by atoms with Crippen molar-refractivity contribution in [3.8, 4) is 11.5 Å². The first-order valence-electron chi connectivity index (χ1n) is 10.5. The maximum absolute atomic E-state index is 12.1. The van der Waals surface area contributed by atoms with E-state index in [2.05, 4.69) is 33.1 Å². The van der Waals surface area contributed by atoms with E-state index in [4.69, 9.17) is 9.47 Å². The van der Waals surface area contributed by atoms with Crippen LogP contribution in [0.1, 0.15) is 52.0 Å². The molecule has 168 valence electrons. The second-order valence-electron chi connectivity index (χ2n) is 8.92. The number of benzene rings is 1. The lowest BCUT2D eigenvalue weighted by molar-refractivity contribution is -0.121. The molecule has 1 saturated carbocycles. The average molecular weight is 530 g/mol. The van der Waals surface area contributed by atoms with Crippen LogP contribution in [0.3, 0.4) is 0 Å². The molecule has 0 radical (unpaired) electrons. The molecule has 0 bridgehead atoms. The number of carbonyl (C=O) groups is 1. The Morgan fingerprint density at radius 1 is 1.10 bits per heavy atom. The van der Waals surface area contributed by atoms with Gasteiger partial charge in [0.1, 0.15) is 13.2 Å². The molecule has 1 aliphatic carbocycles. The standard InChI is InChI=1S/C22H34N4O3.HI/c1-21(2,3)26-19(27)14-24-20(23-4)25-15-22(9-5-6-10-22)16-7-8-17-18(13-16)29-12-11-28-17;/h7-8,13H,5-6,9-12,14-15H2,1-4H3,(H,26,27)(H2,23,24,25);1H. The van der Waals surface area contributed by atoms with Crippen LogP contribution in [0.25, 0.3) is 0 Å². The van der Waals surface area contributed by atoms with E-state index in [1.54, 1.807) is 7.05 Å². The molecule has 1 aromatic carbocycles. The Hall–Kier alpha value is -1.71. The fraction of sp³-hybridized carbons (Fsp3) is 0.636. The monoisotopic (exact) mass is 530 g/mol. The maximum Gasteiger partial charge on any atom is 0.239 e. The van der Waals surface area contributed by atoms with Crippen LogP contribution in [0.5, 0.6) is 11.5 Å². The van der Waals surface area contributed by atoms with Crippen molar-refractivity contribution >= 4 is 35.8 Å². The Morgan fingerprint density at radius 2 is 1.77 bits per heavy atom. The second-order valence-corrected chi connectivity index (χ2v) is 8.92. The number of nitrogens with zero attached hydrogens (tertiary/aromatic N) is 1. The van der Waals surface area contributed by atoms with Crippen LogP contribution in [0, 0.1) is 0 Å². The molecule has 3 rings (SSSR count). The van der Waals surface area contributed by atoms with Crippen molar-refractivity contribution in [2.75, 3.05) is 33.4 Å². The molecule has 0 saturated heterocycles. The van der Waals surface area contributed by atoms with Gasteiger partial charge in [0.2, 0.25) is 5.91 Å². The lowest BCUT2D eigenvalue weighted by Gasteiger charge is -2.32.